The van der Waals surface area contributed by atoms with Crippen molar-refractivity contribution in [3.05, 3.63) is 45.6 Å². The molecule has 8 heteroatoms. The number of carbonyl (C=O) groups is 1. The lowest BCUT2D eigenvalue weighted by Gasteiger charge is -2.05. The number of hydrogen-bond acceptors (Lipinski definition) is 4. The molecule has 1 saturated carbocycles. The summed E-state index contributed by atoms with van der Waals surface area (Å²) < 4.78 is 8.10. The third kappa shape index (κ3) is 2.77. The molecule has 1 aliphatic rings. The number of nitrogens with one attached hydrogen (secondary N) is 2. The Bertz CT molecular complexity index is 954. The van der Waals surface area contributed by atoms with Crippen molar-refractivity contribution >= 4 is 40.7 Å². The van der Waals surface area contributed by atoms with E-state index in [0.717, 1.165) is 24.1 Å². The summed E-state index contributed by atoms with van der Waals surface area (Å²) in [7, 11) is 0. The van der Waals surface area contributed by atoms with Crippen molar-refractivity contribution in [3.63, 3.8) is 0 Å². The number of benzene rings is 1. The van der Waals surface area contributed by atoms with Gasteiger partial charge in [0.05, 0.1) is 6.54 Å². The summed E-state index contributed by atoms with van der Waals surface area (Å²) in [5.74, 6) is 0.674. The van der Waals surface area contributed by atoms with Crippen LogP contribution in [-0.2, 0) is 6.54 Å². The maximum absolute atomic E-state index is 12.3. The van der Waals surface area contributed by atoms with Crippen molar-refractivity contribution in [2.45, 2.75) is 25.4 Å². The number of nitrogens with zero attached hydrogens (tertiary/aromatic N) is 2. The summed E-state index contributed by atoms with van der Waals surface area (Å²) in [4.78, 5) is 12.3. The molecule has 118 valence electrons. The Hall–Kier alpha value is -2.12. The van der Waals surface area contributed by atoms with E-state index in [0.29, 0.717) is 28.0 Å². The van der Waals surface area contributed by atoms with Crippen LogP contribution in [0.5, 0.6) is 0 Å². The minimum atomic E-state index is -0.298. The first kappa shape index (κ1) is 14.5. The maximum atomic E-state index is 12.3. The summed E-state index contributed by atoms with van der Waals surface area (Å²) in [5.41, 5.74) is 0.625. The third-order valence-electron chi connectivity index (χ3n) is 3.80. The van der Waals surface area contributed by atoms with Crippen LogP contribution in [0.1, 0.15) is 35.3 Å². The number of hydrogen-bond donors (Lipinski definition) is 2. The third-order valence-corrected chi connectivity index (χ3v) is 4.32. The molecule has 0 spiro atoms. The van der Waals surface area contributed by atoms with Gasteiger partial charge in [-0.25, -0.2) is 0 Å². The maximum Gasteiger partial charge on any atom is 0.287 e. The normalized spacial score (nSPS) is 14.3. The Kier molecular flexibility index (Phi) is 3.46. The fourth-order valence-corrected chi connectivity index (χ4v) is 3.02. The zero-order valence-electron chi connectivity index (χ0n) is 12.0. The molecule has 0 bridgehead atoms. The molecule has 6 nitrogen and oxygen atoms in total. The van der Waals surface area contributed by atoms with E-state index in [2.05, 4.69) is 15.5 Å². The number of H-pyrrole nitrogens is 1. The number of amides is 1. The highest BCUT2D eigenvalue weighted by atomic mass is 35.5. The van der Waals surface area contributed by atoms with Gasteiger partial charge in [0, 0.05) is 16.5 Å². The number of carbonyl (C=O) groups excluding carboxylic acids is 1. The molecular weight excluding hydrogens is 336 g/mol. The molecule has 3 aromatic rings. The van der Waals surface area contributed by atoms with E-state index in [1.54, 1.807) is 24.3 Å². The van der Waals surface area contributed by atoms with Gasteiger partial charge >= 0.3 is 0 Å². The molecule has 2 aromatic heterocycles. The van der Waals surface area contributed by atoms with Crippen molar-refractivity contribution in [1.82, 2.24) is 20.1 Å². The number of fused-ring (bicyclic) bond motifs is 1. The van der Waals surface area contributed by atoms with Crippen LogP contribution in [0.2, 0.25) is 5.02 Å². The minimum absolute atomic E-state index is 0.245. The van der Waals surface area contributed by atoms with Crippen molar-refractivity contribution in [2.24, 2.45) is 0 Å². The first-order chi connectivity index (χ1) is 11.1. The minimum Gasteiger partial charge on any atom is -0.451 e. The van der Waals surface area contributed by atoms with Crippen molar-refractivity contribution < 1.29 is 9.21 Å². The second-order valence-electron chi connectivity index (χ2n) is 5.52. The van der Waals surface area contributed by atoms with Crippen LogP contribution in [-0.4, -0.2) is 20.7 Å². The molecule has 2 N–H and O–H groups in total. The monoisotopic (exact) mass is 348 g/mol. The van der Waals surface area contributed by atoms with Crippen LogP contribution < -0.4 is 5.32 Å². The standard InChI is InChI=1S/C15H13ClN4O2S/c16-9-1-4-11-8(5-9)6-12(22-11)14(21)17-7-13-18-19-15(23)20(13)10-2-3-10/h1,4-6,10H,2-3,7H2,(H,17,21)(H,19,23). The number of halogens is 1. The first-order valence-corrected chi connectivity index (χ1v) is 8.03. The Morgan fingerprint density at radius 1 is 1.48 bits per heavy atom. The van der Waals surface area contributed by atoms with Gasteiger partial charge in [-0.1, -0.05) is 11.6 Å². The summed E-state index contributed by atoms with van der Waals surface area (Å²) in [5, 5.41) is 11.2. The predicted octanol–water partition coefficient (Wildman–Crippen LogP) is 3.61. The number of rotatable bonds is 4. The van der Waals surface area contributed by atoms with Crippen molar-refractivity contribution in [1.29, 1.82) is 0 Å². The van der Waals surface area contributed by atoms with E-state index in [9.17, 15) is 4.79 Å². The second kappa shape index (κ2) is 5.50. The molecule has 23 heavy (non-hydrogen) atoms. The predicted molar refractivity (Wildman–Crippen MR) is 88.1 cm³/mol. The average molecular weight is 349 g/mol. The van der Waals surface area contributed by atoms with Crippen LogP contribution in [0.25, 0.3) is 11.0 Å². The number of aromatic amines is 1. The highest BCUT2D eigenvalue weighted by molar-refractivity contribution is 7.71. The topological polar surface area (TPSA) is 75.8 Å². The fourth-order valence-electron chi connectivity index (χ4n) is 2.54. The van der Waals surface area contributed by atoms with Gasteiger partial charge in [0.15, 0.2) is 16.4 Å². The van der Waals surface area contributed by atoms with E-state index in [4.69, 9.17) is 28.2 Å². The highest BCUT2D eigenvalue weighted by Crippen LogP contribution is 2.35. The van der Waals surface area contributed by atoms with Crippen molar-refractivity contribution in [2.75, 3.05) is 0 Å². The number of furan rings is 1. The summed E-state index contributed by atoms with van der Waals surface area (Å²) >= 11 is 11.2. The molecule has 0 radical (unpaired) electrons. The molecule has 1 fully saturated rings. The fraction of sp³-hybridized carbons (Fsp3) is 0.267. The number of aromatic nitrogens is 3. The Morgan fingerprint density at radius 3 is 3.09 bits per heavy atom. The summed E-state index contributed by atoms with van der Waals surface area (Å²) in [6.07, 6.45) is 2.19. The van der Waals surface area contributed by atoms with Crippen LogP contribution in [0.4, 0.5) is 0 Å². The smallest absolute Gasteiger partial charge is 0.287 e. The summed E-state index contributed by atoms with van der Waals surface area (Å²) in [6.45, 7) is 0.292. The Balaban J connectivity index is 1.52. The molecule has 0 atom stereocenters. The van der Waals surface area contributed by atoms with Gasteiger partial charge in [-0.15, -0.1) is 0 Å². The van der Waals surface area contributed by atoms with Gasteiger partial charge in [-0.05, 0) is 49.3 Å². The molecule has 1 aliphatic carbocycles. The van der Waals surface area contributed by atoms with E-state index in [1.807, 2.05) is 4.57 Å². The van der Waals surface area contributed by atoms with Gasteiger partial charge in [-0.2, -0.15) is 5.10 Å². The van der Waals surface area contributed by atoms with Crippen LogP contribution >= 0.6 is 23.8 Å². The van der Waals surface area contributed by atoms with Crippen LogP contribution in [0.3, 0.4) is 0 Å². The van der Waals surface area contributed by atoms with Gasteiger partial charge in [0.1, 0.15) is 5.58 Å². The molecule has 0 saturated heterocycles. The SMILES string of the molecule is O=C(NCc1n[nH]c(=S)n1C1CC1)c1cc2cc(Cl)ccc2o1. The molecule has 1 amide bonds. The largest absolute Gasteiger partial charge is 0.451 e. The van der Waals surface area contributed by atoms with Crippen molar-refractivity contribution in [3.8, 4) is 0 Å². The Labute approximate surface area is 141 Å². The molecular formula is C15H13ClN4O2S. The van der Waals surface area contributed by atoms with E-state index < -0.39 is 0 Å². The van der Waals surface area contributed by atoms with E-state index in [-0.39, 0.29) is 11.7 Å². The average Bonchev–Trinajstić information content (AvgIpc) is 3.16. The lowest BCUT2D eigenvalue weighted by molar-refractivity contribution is 0.0924. The molecule has 2 heterocycles. The van der Waals surface area contributed by atoms with E-state index in [1.165, 1.54) is 0 Å². The quantitative estimate of drug-likeness (QED) is 0.706. The summed E-state index contributed by atoms with van der Waals surface area (Å²) in [6, 6.07) is 7.31. The molecule has 0 aliphatic heterocycles. The van der Waals surface area contributed by atoms with Crippen LogP contribution in [0.15, 0.2) is 28.7 Å². The van der Waals surface area contributed by atoms with E-state index >= 15 is 0 Å². The molecule has 4 rings (SSSR count). The van der Waals surface area contributed by atoms with Crippen LogP contribution in [0, 0.1) is 4.77 Å². The first-order valence-electron chi connectivity index (χ1n) is 7.25. The van der Waals surface area contributed by atoms with Gasteiger partial charge in [0.25, 0.3) is 5.91 Å². The zero-order chi connectivity index (χ0) is 16.0. The van der Waals surface area contributed by atoms with Gasteiger partial charge in [0.2, 0.25) is 0 Å². The molecule has 0 unspecified atom stereocenters. The van der Waals surface area contributed by atoms with Gasteiger partial charge in [-0.3, -0.25) is 14.5 Å². The lowest BCUT2D eigenvalue weighted by atomic mass is 10.2. The van der Waals surface area contributed by atoms with Gasteiger partial charge < -0.3 is 9.73 Å². The Morgan fingerprint density at radius 2 is 2.30 bits per heavy atom. The second-order valence-corrected chi connectivity index (χ2v) is 6.34. The highest BCUT2D eigenvalue weighted by Gasteiger charge is 2.27. The molecule has 1 aromatic carbocycles. The lowest BCUT2D eigenvalue weighted by Crippen LogP contribution is -2.24. The zero-order valence-corrected chi connectivity index (χ0v) is 13.6.